The molecule has 2 aromatic rings. The molecule has 21 heavy (non-hydrogen) atoms. The number of halogens is 2. The molecule has 0 saturated heterocycles. The first-order chi connectivity index (χ1) is 10.0. The molecular formula is C17H19BrFNO. The zero-order valence-electron chi connectivity index (χ0n) is 12.4. The first kappa shape index (κ1) is 16.0. The Morgan fingerprint density at radius 1 is 1.14 bits per heavy atom. The molecule has 0 heterocycles. The summed E-state index contributed by atoms with van der Waals surface area (Å²) in [5.41, 5.74) is 1.86. The zero-order chi connectivity index (χ0) is 15.4. The van der Waals surface area contributed by atoms with Crippen molar-refractivity contribution < 1.29 is 9.13 Å². The fraction of sp³-hybridized carbons (Fsp3) is 0.294. The number of nitrogens with one attached hydrogen (secondary N) is 1. The molecule has 0 spiro atoms. The van der Waals surface area contributed by atoms with Crippen molar-refractivity contribution in [2.75, 3.05) is 7.05 Å². The van der Waals surface area contributed by atoms with Gasteiger partial charge in [-0.15, -0.1) is 0 Å². The van der Waals surface area contributed by atoms with E-state index >= 15 is 0 Å². The summed E-state index contributed by atoms with van der Waals surface area (Å²) in [6, 6.07) is 12.9. The van der Waals surface area contributed by atoms with Gasteiger partial charge in [-0.05, 0) is 60.6 Å². The largest absolute Gasteiger partial charge is 0.491 e. The third-order valence-electron chi connectivity index (χ3n) is 3.16. The Labute approximate surface area is 133 Å². The van der Waals surface area contributed by atoms with Crippen LogP contribution in [0.5, 0.6) is 5.75 Å². The van der Waals surface area contributed by atoms with E-state index in [1.807, 2.05) is 51.2 Å². The summed E-state index contributed by atoms with van der Waals surface area (Å²) < 4.78 is 20.1. The fourth-order valence-corrected chi connectivity index (χ4v) is 2.52. The average molecular weight is 352 g/mol. The fourth-order valence-electron chi connectivity index (χ4n) is 2.27. The molecule has 2 aromatic carbocycles. The summed E-state index contributed by atoms with van der Waals surface area (Å²) in [5, 5.41) is 3.23. The molecule has 112 valence electrons. The van der Waals surface area contributed by atoms with Crippen LogP contribution in [-0.2, 0) is 0 Å². The molecule has 0 amide bonds. The van der Waals surface area contributed by atoms with Gasteiger partial charge in [0, 0.05) is 5.56 Å². The Kier molecular flexibility index (Phi) is 5.37. The van der Waals surface area contributed by atoms with E-state index in [0.717, 1.165) is 16.9 Å². The smallest absolute Gasteiger partial charge is 0.137 e. The molecule has 0 saturated carbocycles. The summed E-state index contributed by atoms with van der Waals surface area (Å²) in [5.74, 6) is 0.546. The van der Waals surface area contributed by atoms with E-state index in [2.05, 4.69) is 21.2 Å². The van der Waals surface area contributed by atoms with Crippen molar-refractivity contribution in [1.82, 2.24) is 5.32 Å². The Balaban J connectivity index is 2.43. The van der Waals surface area contributed by atoms with Crippen molar-refractivity contribution in [3.05, 3.63) is 63.9 Å². The van der Waals surface area contributed by atoms with Crippen LogP contribution in [0.4, 0.5) is 4.39 Å². The first-order valence-electron chi connectivity index (χ1n) is 6.90. The van der Waals surface area contributed by atoms with Gasteiger partial charge >= 0.3 is 0 Å². The molecule has 0 aliphatic carbocycles. The number of ether oxygens (including phenoxy) is 1. The van der Waals surface area contributed by atoms with Gasteiger partial charge < -0.3 is 10.1 Å². The van der Waals surface area contributed by atoms with E-state index in [1.165, 1.54) is 6.07 Å². The van der Waals surface area contributed by atoms with E-state index in [-0.39, 0.29) is 18.0 Å². The van der Waals surface area contributed by atoms with Crippen LogP contribution >= 0.6 is 15.9 Å². The second-order valence-electron chi connectivity index (χ2n) is 5.10. The Bertz CT molecular complexity index is 615. The standard InChI is InChI=1S/C17H19BrFNO/c1-11(2)21-16-7-5-4-6-13(16)17(20-3)12-8-9-14(18)15(19)10-12/h4-11,17,20H,1-3H3. The highest BCUT2D eigenvalue weighted by Gasteiger charge is 2.18. The van der Waals surface area contributed by atoms with Crippen molar-refractivity contribution in [1.29, 1.82) is 0 Å². The molecule has 2 nitrogen and oxygen atoms in total. The normalized spacial score (nSPS) is 12.5. The van der Waals surface area contributed by atoms with Gasteiger partial charge in [0.25, 0.3) is 0 Å². The van der Waals surface area contributed by atoms with Crippen molar-refractivity contribution in [3.63, 3.8) is 0 Å². The quantitative estimate of drug-likeness (QED) is 0.843. The Hall–Kier alpha value is -1.39. The Morgan fingerprint density at radius 2 is 1.86 bits per heavy atom. The van der Waals surface area contributed by atoms with Gasteiger partial charge in [0.15, 0.2) is 0 Å². The van der Waals surface area contributed by atoms with Gasteiger partial charge in [-0.3, -0.25) is 0 Å². The maximum atomic E-state index is 13.8. The van der Waals surface area contributed by atoms with Crippen LogP contribution in [-0.4, -0.2) is 13.2 Å². The highest BCUT2D eigenvalue weighted by molar-refractivity contribution is 9.10. The summed E-state index contributed by atoms with van der Waals surface area (Å²) in [7, 11) is 1.86. The van der Waals surface area contributed by atoms with Crippen LogP contribution in [0, 0.1) is 5.82 Å². The number of hydrogen-bond acceptors (Lipinski definition) is 2. The van der Waals surface area contributed by atoms with Crippen LogP contribution in [0.2, 0.25) is 0 Å². The van der Waals surface area contributed by atoms with Crippen LogP contribution in [0.1, 0.15) is 31.0 Å². The summed E-state index contributed by atoms with van der Waals surface area (Å²) in [4.78, 5) is 0. The Morgan fingerprint density at radius 3 is 2.48 bits per heavy atom. The highest BCUT2D eigenvalue weighted by atomic mass is 79.9. The molecular weight excluding hydrogens is 333 g/mol. The third-order valence-corrected chi connectivity index (χ3v) is 3.80. The second-order valence-corrected chi connectivity index (χ2v) is 5.95. The summed E-state index contributed by atoms with van der Waals surface area (Å²) in [6.07, 6.45) is 0.0883. The molecule has 0 fully saturated rings. The lowest BCUT2D eigenvalue weighted by molar-refractivity contribution is 0.238. The molecule has 1 unspecified atom stereocenters. The number of hydrogen-bond donors (Lipinski definition) is 1. The van der Waals surface area contributed by atoms with E-state index in [1.54, 1.807) is 6.07 Å². The molecule has 1 N–H and O–H groups in total. The van der Waals surface area contributed by atoms with E-state index in [4.69, 9.17) is 4.74 Å². The maximum Gasteiger partial charge on any atom is 0.137 e. The van der Waals surface area contributed by atoms with Crippen LogP contribution < -0.4 is 10.1 Å². The minimum absolute atomic E-state index is 0.0883. The first-order valence-corrected chi connectivity index (χ1v) is 7.70. The van der Waals surface area contributed by atoms with Gasteiger partial charge in [0.2, 0.25) is 0 Å². The van der Waals surface area contributed by atoms with Crippen molar-refractivity contribution in [2.45, 2.75) is 26.0 Å². The molecule has 4 heteroatoms. The minimum atomic E-state index is -0.269. The van der Waals surface area contributed by atoms with Gasteiger partial charge in [-0.25, -0.2) is 4.39 Å². The minimum Gasteiger partial charge on any atom is -0.491 e. The second kappa shape index (κ2) is 7.05. The molecule has 2 rings (SSSR count). The van der Waals surface area contributed by atoms with Gasteiger partial charge in [0.05, 0.1) is 16.6 Å². The zero-order valence-corrected chi connectivity index (χ0v) is 13.9. The monoisotopic (exact) mass is 351 g/mol. The lowest BCUT2D eigenvalue weighted by atomic mass is 9.98. The summed E-state index contributed by atoms with van der Waals surface area (Å²) >= 11 is 3.18. The topological polar surface area (TPSA) is 21.3 Å². The van der Waals surface area contributed by atoms with Gasteiger partial charge in [-0.1, -0.05) is 24.3 Å². The van der Waals surface area contributed by atoms with Gasteiger partial charge in [0.1, 0.15) is 11.6 Å². The molecule has 0 radical (unpaired) electrons. The molecule has 0 aromatic heterocycles. The number of benzene rings is 2. The van der Waals surface area contributed by atoms with Gasteiger partial charge in [-0.2, -0.15) is 0 Å². The maximum absolute atomic E-state index is 13.8. The lowest BCUT2D eigenvalue weighted by Crippen LogP contribution is -2.19. The third kappa shape index (κ3) is 3.83. The van der Waals surface area contributed by atoms with Crippen molar-refractivity contribution >= 4 is 15.9 Å². The van der Waals surface area contributed by atoms with E-state index in [0.29, 0.717) is 4.47 Å². The van der Waals surface area contributed by atoms with E-state index in [9.17, 15) is 4.39 Å². The number of rotatable bonds is 5. The molecule has 0 aliphatic heterocycles. The van der Waals surface area contributed by atoms with Crippen LogP contribution in [0.25, 0.3) is 0 Å². The van der Waals surface area contributed by atoms with Crippen molar-refractivity contribution in [2.24, 2.45) is 0 Å². The molecule has 0 bridgehead atoms. The predicted molar refractivity (Wildman–Crippen MR) is 87.2 cm³/mol. The lowest BCUT2D eigenvalue weighted by Gasteiger charge is -2.22. The molecule has 1 atom stereocenters. The van der Waals surface area contributed by atoms with Crippen molar-refractivity contribution in [3.8, 4) is 5.75 Å². The van der Waals surface area contributed by atoms with Crippen LogP contribution in [0.3, 0.4) is 0 Å². The highest BCUT2D eigenvalue weighted by Crippen LogP contribution is 2.31. The summed E-state index contributed by atoms with van der Waals surface area (Å²) in [6.45, 7) is 3.98. The van der Waals surface area contributed by atoms with Crippen LogP contribution in [0.15, 0.2) is 46.9 Å². The SMILES string of the molecule is CNC(c1ccc(Br)c(F)c1)c1ccccc1OC(C)C. The van der Waals surface area contributed by atoms with E-state index < -0.39 is 0 Å². The average Bonchev–Trinajstić information content (AvgIpc) is 2.44. The number of para-hydroxylation sites is 1. The predicted octanol–water partition coefficient (Wildman–Crippen LogP) is 4.68. The molecule has 0 aliphatic rings.